The molecule has 3 nitrogen and oxygen atoms in total. The van der Waals surface area contributed by atoms with E-state index in [-0.39, 0.29) is 6.04 Å². The Morgan fingerprint density at radius 1 is 1.00 bits per heavy atom. The van der Waals surface area contributed by atoms with E-state index in [1.165, 1.54) is 64.2 Å². The Bertz CT molecular complexity index is 282. The topological polar surface area (TPSA) is 54.7 Å². The summed E-state index contributed by atoms with van der Waals surface area (Å²) in [4.78, 5) is 7.29. The third-order valence-corrected chi connectivity index (χ3v) is 3.74. The molecule has 0 aliphatic carbocycles. The van der Waals surface area contributed by atoms with Crippen LogP contribution in [0.5, 0.6) is 0 Å². The number of nitrogens with one attached hydrogen (secondary N) is 1. The predicted molar refractivity (Wildman–Crippen MR) is 82.0 cm³/mol. The van der Waals surface area contributed by atoms with E-state index in [9.17, 15) is 0 Å². The summed E-state index contributed by atoms with van der Waals surface area (Å²) >= 11 is 0. The second kappa shape index (κ2) is 11.0. The van der Waals surface area contributed by atoms with Gasteiger partial charge in [-0.3, -0.25) is 0 Å². The number of nitrogens with two attached hydrogens (primary N) is 1. The summed E-state index contributed by atoms with van der Waals surface area (Å²) in [5, 5.41) is 0. The highest BCUT2D eigenvalue weighted by atomic mass is 14.9. The molecule has 1 heterocycles. The molecule has 3 N–H and O–H groups in total. The van der Waals surface area contributed by atoms with E-state index in [2.05, 4.69) is 16.9 Å². The molecule has 1 aromatic rings. The maximum absolute atomic E-state index is 6.05. The van der Waals surface area contributed by atoms with Crippen LogP contribution in [0.15, 0.2) is 12.4 Å². The minimum absolute atomic E-state index is 0.0871. The fraction of sp³-hybridized carbons (Fsp3) is 0.812. The number of H-pyrrole nitrogens is 1. The lowest BCUT2D eigenvalue weighted by molar-refractivity contribution is 0.521. The van der Waals surface area contributed by atoms with Gasteiger partial charge in [-0.05, 0) is 6.42 Å². The van der Waals surface area contributed by atoms with Crippen LogP contribution in [0.4, 0.5) is 0 Å². The van der Waals surface area contributed by atoms with Gasteiger partial charge in [-0.25, -0.2) is 4.98 Å². The van der Waals surface area contributed by atoms with Crippen molar-refractivity contribution < 1.29 is 0 Å². The number of imidazole rings is 1. The van der Waals surface area contributed by atoms with Crippen molar-refractivity contribution in [3.8, 4) is 0 Å². The molecule has 0 radical (unpaired) electrons. The van der Waals surface area contributed by atoms with Crippen molar-refractivity contribution in [1.82, 2.24) is 9.97 Å². The Morgan fingerprint density at radius 2 is 1.58 bits per heavy atom. The average Bonchev–Trinajstić information content (AvgIpc) is 2.95. The van der Waals surface area contributed by atoms with Gasteiger partial charge in [0.15, 0.2) is 0 Å². The highest BCUT2D eigenvalue weighted by Gasteiger charge is 2.06. The molecule has 3 heteroatoms. The lowest BCUT2D eigenvalue weighted by Gasteiger charge is -2.08. The minimum Gasteiger partial charge on any atom is -0.347 e. The molecule has 0 bridgehead atoms. The molecule has 0 saturated carbocycles. The third kappa shape index (κ3) is 8.04. The molecular formula is C16H31N3. The van der Waals surface area contributed by atoms with E-state index in [1.807, 2.05) is 6.20 Å². The molecule has 0 aliphatic heterocycles. The van der Waals surface area contributed by atoms with E-state index >= 15 is 0 Å². The SMILES string of the molecule is CCCCCCCCCCCCC(N)c1ncc[nH]1. The first-order valence-electron chi connectivity index (χ1n) is 8.09. The summed E-state index contributed by atoms with van der Waals surface area (Å²) in [5.74, 6) is 0.927. The van der Waals surface area contributed by atoms with Crippen LogP contribution in [0.1, 0.15) is 89.4 Å². The highest BCUT2D eigenvalue weighted by molar-refractivity contribution is 4.93. The second-order valence-corrected chi connectivity index (χ2v) is 5.55. The van der Waals surface area contributed by atoms with E-state index in [1.54, 1.807) is 6.20 Å². The monoisotopic (exact) mass is 265 g/mol. The van der Waals surface area contributed by atoms with Crippen LogP contribution in [-0.2, 0) is 0 Å². The van der Waals surface area contributed by atoms with Crippen molar-refractivity contribution in [2.75, 3.05) is 0 Å². The van der Waals surface area contributed by atoms with Crippen LogP contribution in [0.2, 0.25) is 0 Å². The van der Waals surface area contributed by atoms with Gasteiger partial charge in [0.2, 0.25) is 0 Å². The fourth-order valence-electron chi connectivity index (χ4n) is 2.47. The maximum atomic E-state index is 6.05. The number of hydrogen-bond donors (Lipinski definition) is 2. The molecule has 1 atom stereocenters. The van der Waals surface area contributed by atoms with Crippen LogP contribution in [0.3, 0.4) is 0 Å². The van der Waals surface area contributed by atoms with E-state index in [0.29, 0.717) is 0 Å². The standard InChI is InChI=1S/C16H31N3/c1-2-3-4-5-6-7-8-9-10-11-12-15(17)16-18-13-14-19-16/h13-15H,2-12,17H2,1H3,(H,18,19). The number of unbranched alkanes of at least 4 members (excludes halogenated alkanes) is 9. The van der Waals surface area contributed by atoms with Crippen molar-refractivity contribution in [2.24, 2.45) is 5.73 Å². The first-order valence-corrected chi connectivity index (χ1v) is 8.09. The highest BCUT2D eigenvalue weighted by Crippen LogP contribution is 2.15. The van der Waals surface area contributed by atoms with Crippen molar-refractivity contribution in [3.63, 3.8) is 0 Å². The molecule has 0 spiro atoms. The molecule has 1 unspecified atom stereocenters. The summed E-state index contributed by atoms with van der Waals surface area (Å²) in [6, 6.07) is 0.0871. The van der Waals surface area contributed by atoms with Crippen molar-refractivity contribution >= 4 is 0 Å². The van der Waals surface area contributed by atoms with Gasteiger partial charge in [0.05, 0.1) is 6.04 Å². The van der Waals surface area contributed by atoms with Gasteiger partial charge in [-0.15, -0.1) is 0 Å². The Balaban J connectivity index is 1.83. The van der Waals surface area contributed by atoms with Crippen molar-refractivity contribution in [1.29, 1.82) is 0 Å². The van der Waals surface area contributed by atoms with Gasteiger partial charge in [-0.2, -0.15) is 0 Å². The van der Waals surface area contributed by atoms with Crippen LogP contribution in [0.25, 0.3) is 0 Å². The minimum atomic E-state index is 0.0871. The van der Waals surface area contributed by atoms with Gasteiger partial charge in [-0.1, -0.05) is 71.1 Å². The largest absolute Gasteiger partial charge is 0.347 e. The van der Waals surface area contributed by atoms with Crippen molar-refractivity contribution in [3.05, 3.63) is 18.2 Å². The zero-order valence-electron chi connectivity index (χ0n) is 12.5. The van der Waals surface area contributed by atoms with Gasteiger partial charge < -0.3 is 10.7 Å². The zero-order valence-corrected chi connectivity index (χ0v) is 12.5. The van der Waals surface area contributed by atoms with Crippen molar-refractivity contribution in [2.45, 2.75) is 83.6 Å². The molecule has 0 aliphatic rings. The van der Waals surface area contributed by atoms with Crippen LogP contribution in [-0.4, -0.2) is 9.97 Å². The fourth-order valence-corrected chi connectivity index (χ4v) is 2.47. The Labute approximate surface area is 118 Å². The predicted octanol–water partition coefficient (Wildman–Crippen LogP) is 4.72. The van der Waals surface area contributed by atoms with Gasteiger partial charge >= 0.3 is 0 Å². The zero-order chi connectivity index (χ0) is 13.8. The molecule has 0 aromatic carbocycles. The number of aromatic amines is 1. The number of nitrogens with zero attached hydrogens (tertiary/aromatic N) is 1. The Hall–Kier alpha value is -0.830. The number of hydrogen-bond acceptors (Lipinski definition) is 2. The lowest BCUT2D eigenvalue weighted by Crippen LogP contribution is -2.11. The maximum Gasteiger partial charge on any atom is 0.123 e. The summed E-state index contributed by atoms with van der Waals surface area (Å²) in [6.07, 6.45) is 18.4. The van der Waals surface area contributed by atoms with Crippen LogP contribution in [0, 0.1) is 0 Å². The quantitative estimate of drug-likeness (QED) is 0.537. The van der Waals surface area contributed by atoms with Gasteiger partial charge in [0.25, 0.3) is 0 Å². The Morgan fingerprint density at radius 3 is 2.11 bits per heavy atom. The molecule has 0 saturated heterocycles. The first-order chi connectivity index (χ1) is 9.34. The summed E-state index contributed by atoms with van der Waals surface area (Å²) in [6.45, 7) is 2.27. The first kappa shape index (κ1) is 16.2. The summed E-state index contributed by atoms with van der Waals surface area (Å²) in [5.41, 5.74) is 6.05. The van der Waals surface area contributed by atoms with Gasteiger partial charge in [0, 0.05) is 12.4 Å². The number of rotatable bonds is 12. The van der Waals surface area contributed by atoms with E-state index in [0.717, 1.165) is 12.2 Å². The normalized spacial score (nSPS) is 12.7. The molecule has 1 aromatic heterocycles. The number of aromatic nitrogens is 2. The molecule has 19 heavy (non-hydrogen) atoms. The molecular weight excluding hydrogens is 234 g/mol. The molecule has 110 valence electrons. The smallest absolute Gasteiger partial charge is 0.123 e. The molecule has 1 rings (SSSR count). The Kier molecular flexibility index (Phi) is 9.42. The van der Waals surface area contributed by atoms with Crippen LogP contribution >= 0.6 is 0 Å². The second-order valence-electron chi connectivity index (χ2n) is 5.55. The summed E-state index contributed by atoms with van der Waals surface area (Å²) < 4.78 is 0. The van der Waals surface area contributed by atoms with E-state index < -0.39 is 0 Å². The molecule has 0 fully saturated rings. The lowest BCUT2D eigenvalue weighted by atomic mass is 10.0. The van der Waals surface area contributed by atoms with E-state index in [4.69, 9.17) is 5.73 Å². The molecule has 0 amide bonds. The van der Waals surface area contributed by atoms with Crippen LogP contribution < -0.4 is 5.73 Å². The third-order valence-electron chi connectivity index (χ3n) is 3.74. The summed E-state index contributed by atoms with van der Waals surface area (Å²) in [7, 11) is 0. The average molecular weight is 265 g/mol. The van der Waals surface area contributed by atoms with Gasteiger partial charge in [0.1, 0.15) is 5.82 Å².